The van der Waals surface area contributed by atoms with E-state index in [1.54, 1.807) is 6.92 Å². The van der Waals surface area contributed by atoms with Gasteiger partial charge >= 0.3 is 0 Å². The lowest BCUT2D eigenvalue weighted by molar-refractivity contribution is -0.111. The number of thioether (sulfide) groups is 1. The third kappa shape index (κ3) is 5.17. The molecule has 1 atom stereocenters. The minimum Gasteiger partial charge on any atom is -0.479 e. The van der Waals surface area contributed by atoms with Gasteiger partial charge in [0.15, 0.2) is 0 Å². The van der Waals surface area contributed by atoms with Crippen molar-refractivity contribution in [1.29, 1.82) is 0 Å². The molecule has 0 saturated heterocycles. The molecule has 3 nitrogen and oxygen atoms in total. The van der Waals surface area contributed by atoms with Gasteiger partial charge in [-0.3, -0.25) is 4.79 Å². The highest BCUT2D eigenvalue weighted by atomic mass is 32.2. The number of carbonyl (C=O) groups is 1. The molecule has 0 aromatic carbocycles. The number of thiocarbonyl (C=S) groups is 1. The van der Waals surface area contributed by atoms with Crippen LogP contribution >= 0.6 is 24.0 Å². The second-order valence-corrected chi connectivity index (χ2v) is 3.50. The SMILES string of the molecule is CCOC(=S)SC(=O)[C@@H](C)N. The summed E-state index contributed by atoms with van der Waals surface area (Å²) in [5.41, 5.74) is 5.29. The molecule has 0 fully saturated rings. The lowest BCUT2D eigenvalue weighted by atomic mass is 10.4. The number of rotatable bonds is 2. The van der Waals surface area contributed by atoms with Crippen LogP contribution in [-0.4, -0.2) is 22.1 Å². The van der Waals surface area contributed by atoms with Crippen LogP contribution in [0.3, 0.4) is 0 Å². The molecule has 0 spiro atoms. The van der Waals surface area contributed by atoms with E-state index >= 15 is 0 Å². The zero-order valence-electron chi connectivity index (χ0n) is 6.49. The third-order valence-corrected chi connectivity index (χ3v) is 2.04. The predicted octanol–water partition coefficient (Wildman–Crippen LogP) is 0.915. The quantitative estimate of drug-likeness (QED) is 0.661. The zero-order chi connectivity index (χ0) is 8.85. The molecule has 0 aromatic heterocycles. The molecule has 0 unspecified atom stereocenters. The van der Waals surface area contributed by atoms with Gasteiger partial charge in [0.25, 0.3) is 0 Å². The van der Waals surface area contributed by atoms with Crippen LogP contribution in [0.1, 0.15) is 13.8 Å². The monoisotopic (exact) mass is 193 g/mol. The third-order valence-electron chi connectivity index (χ3n) is 0.818. The van der Waals surface area contributed by atoms with Gasteiger partial charge in [0.2, 0.25) is 9.50 Å². The summed E-state index contributed by atoms with van der Waals surface area (Å²) in [4.78, 5) is 10.9. The second-order valence-electron chi connectivity index (χ2n) is 1.89. The topological polar surface area (TPSA) is 52.3 Å². The average molecular weight is 193 g/mol. The van der Waals surface area contributed by atoms with Gasteiger partial charge < -0.3 is 10.5 Å². The van der Waals surface area contributed by atoms with Crippen LogP contribution in [0, 0.1) is 0 Å². The highest BCUT2D eigenvalue weighted by Crippen LogP contribution is 2.08. The first kappa shape index (κ1) is 10.9. The Bertz CT molecular complexity index is 159. The fourth-order valence-electron chi connectivity index (χ4n) is 0.322. The van der Waals surface area contributed by atoms with Crippen molar-refractivity contribution in [2.24, 2.45) is 5.73 Å². The van der Waals surface area contributed by atoms with Gasteiger partial charge in [-0.1, -0.05) is 0 Å². The molecule has 0 aromatic rings. The number of nitrogens with two attached hydrogens (primary N) is 1. The van der Waals surface area contributed by atoms with Gasteiger partial charge in [-0.2, -0.15) is 0 Å². The Morgan fingerprint density at radius 2 is 2.36 bits per heavy atom. The molecule has 0 saturated carbocycles. The molecular formula is C6H11NO2S2. The minimum absolute atomic E-state index is 0.163. The van der Waals surface area contributed by atoms with E-state index in [1.807, 2.05) is 6.92 Å². The smallest absolute Gasteiger partial charge is 0.227 e. The molecule has 2 N–H and O–H groups in total. The summed E-state index contributed by atoms with van der Waals surface area (Å²) in [7, 11) is 0. The van der Waals surface area contributed by atoms with Crippen LogP contribution in [0.2, 0.25) is 0 Å². The van der Waals surface area contributed by atoms with E-state index in [-0.39, 0.29) is 9.50 Å². The zero-order valence-corrected chi connectivity index (χ0v) is 8.13. The molecular weight excluding hydrogens is 182 g/mol. The first-order valence-corrected chi connectivity index (χ1v) is 4.44. The average Bonchev–Trinajstić information content (AvgIpc) is 1.87. The van der Waals surface area contributed by atoms with Gasteiger partial charge in [-0.25, -0.2) is 0 Å². The van der Waals surface area contributed by atoms with Crippen LogP contribution in [0.5, 0.6) is 0 Å². The molecule has 5 heteroatoms. The Hall–Kier alpha value is -0.130. The van der Waals surface area contributed by atoms with Crippen molar-refractivity contribution in [1.82, 2.24) is 0 Å². The van der Waals surface area contributed by atoms with Gasteiger partial charge in [-0.15, -0.1) is 0 Å². The summed E-state index contributed by atoms with van der Waals surface area (Å²) in [6.07, 6.45) is 0. The van der Waals surface area contributed by atoms with E-state index in [4.69, 9.17) is 22.7 Å². The van der Waals surface area contributed by atoms with E-state index in [0.717, 1.165) is 11.8 Å². The Labute approximate surface area is 75.7 Å². The Morgan fingerprint density at radius 3 is 2.73 bits per heavy atom. The van der Waals surface area contributed by atoms with Crippen molar-refractivity contribution in [3.05, 3.63) is 0 Å². The number of hydrogen-bond donors (Lipinski definition) is 1. The van der Waals surface area contributed by atoms with Gasteiger partial charge in [0, 0.05) is 0 Å². The fraction of sp³-hybridized carbons (Fsp3) is 0.667. The minimum atomic E-state index is -0.488. The summed E-state index contributed by atoms with van der Waals surface area (Å²) in [5, 5.41) is -0.163. The first-order chi connectivity index (χ1) is 5.07. The molecule has 0 aliphatic carbocycles. The van der Waals surface area contributed by atoms with Crippen molar-refractivity contribution in [3.63, 3.8) is 0 Å². The molecule has 64 valence electrons. The molecule has 0 amide bonds. The number of hydrogen-bond acceptors (Lipinski definition) is 5. The molecule has 0 aliphatic rings. The molecule has 0 aliphatic heterocycles. The van der Waals surface area contributed by atoms with Gasteiger partial charge in [0.05, 0.1) is 12.6 Å². The normalized spacial score (nSPS) is 12.3. The maximum atomic E-state index is 10.9. The summed E-state index contributed by atoms with van der Waals surface area (Å²) >= 11 is 5.59. The van der Waals surface area contributed by atoms with Crippen LogP contribution in [0.25, 0.3) is 0 Å². The van der Waals surface area contributed by atoms with Gasteiger partial charge in [0.1, 0.15) is 0 Å². The summed E-state index contributed by atoms with van der Waals surface area (Å²) in [6.45, 7) is 3.91. The standard InChI is InChI=1S/C6H11NO2S2/c1-3-9-6(10)11-5(8)4(2)7/h4H,3,7H2,1-2H3/t4-/m1/s1. The number of ether oxygens (including phenoxy) is 1. The summed E-state index contributed by atoms with van der Waals surface area (Å²) in [6, 6.07) is -0.488. The molecule has 11 heavy (non-hydrogen) atoms. The number of carbonyl (C=O) groups excluding carboxylic acids is 1. The van der Waals surface area contributed by atoms with Crippen molar-refractivity contribution in [2.75, 3.05) is 6.61 Å². The van der Waals surface area contributed by atoms with Crippen LogP contribution < -0.4 is 5.73 Å². The van der Waals surface area contributed by atoms with Crippen molar-refractivity contribution in [2.45, 2.75) is 19.9 Å². The van der Waals surface area contributed by atoms with Crippen LogP contribution in [0.15, 0.2) is 0 Å². The highest BCUT2D eigenvalue weighted by molar-refractivity contribution is 8.32. The Balaban J connectivity index is 3.67. The van der Waals surface area contributed by atoms with E-state index in [9.17, 15) is 4.79 Å². The summed E-state index contributed by atoms with van der Waals surface area (Å²) < 4.78 is 5.13. The second kappa shape index (κ2) is 5.51. The summed E-state index contributed by atoms with van der Waals surface area (Å²) in [5.74, 6) is 0. The van der Waals surface area contributed by atoms with Crippen molar-refractivity contribution < 1.29 is 9.53 Å². The molecule has 0 rings (SSSR count). The maximum Gasteiger partial charge on any atom is 0.227 e. The molecule has 0 heterocycles. The molecule has 0 bridgehead atoms. The fourth-order valence-corrected chi connectivity index (χ4v) is 1.21. The van der Waals surface area contributed by atoms with Gasteiger partial charge in [-0.05, 0) is 37.8 Å². The largest absolute Gasteiger partial charge is 0.479 e. The van der Waals surface area contributed by atoms with E-state index in [2.05, 4.69) is 0 Å². The van der Waals surface area contributed by atoms with Crippen LogP contribution in [-0.2, 0) is 9.53 Å². The first-order valence-electron chi connectivity index (χ1n) is 3.22. The van der Waals surface area contributed by atoms with Crippen molar-refractivity contribution in [3.8, 4) is 0 Å². The predicted molar refractivity (Wildman–Crippen MR) is 50.5 cm³/mol. The maximum absolute atomic E-state index is 10.9. The Kier molecular flexibility index (Phi) is 5.45. The lowest BCUT2D eigenvalue weighted by Crippen LogP contribution is -2.25. The Morgan fingerprint density at radius 1 is 1.82 bits per heavy atom. The molecule has 0 radical (unpaired) electrons. The van der Waals surface area contributed by atoms with Crippen molar-refractivity contribution >= 4 is 33.5 Å². The van der Waals surface area contributed by atoms with E-state index < -0.39 is 6.04 Å². The van der Waals surface area contributed by atoms with E-state index in [0.29, 0.717) is 6.61 Å². The highest BCUT2D eigenvalue weighted by Gasteiger charge is 2.11. The van der Waals surface area contributed by atoms with E-state index in [1.165, 1.54) is 0 Å². The lowest BCUT2D eigenvalue weighted by Gasteiger charge is -2.04. The van der Waals surface area contributed by atoms with Crippen LogP contribution in [0.4, 0.5) is 0 Å².